The lowest BCUT2D eigenvalue weighted by atomic mass is 10.1. The molecule has 2 aromatic carbocycles. The molecule has 3 aromatic rings. The van der Waals surface area contributed by atoms with Crippen molar-refractivity contribution in [1.29, 1.82) is 0 Å². The molecule has 0 bridgehead atoms. The molecular formula is C21H15BrN2OS. The number of thiophene rings is 1. The molecule has 0 fully saturated rings. The van der Waals surface area contributed by atoms with Gasteiger partial charge in [0.15, 0.2) is 0 Å². The van der Waals surface area contributed by atoms with Crippen LogP contribution in [0, 0.1) is 6.92 Å². The Balaban J connectivity index is 1.86. The van der Waals surface area contributed by atoms with Crippen LogP contribution in [0.15, 0.2) is 81.2 Å². The number of hydrogen-bond acceptors (Lipinski definition) is 3. The highest BCUT2D eigenvalue weighted by Gasteiger charge is 2.33. The van der Waals surface area contributed by atoms with Crippen LogP contribution in [0.2, 0.25) is 0 Å². The van der Waals surface area contributed by atoms with Crippen LogP contribution < -0.4 is 4.90 Å². The molecule has 1 amide bonds. The molecule has 1 aliphatic heterocycles. The van der Waals surface area contributed by atoms with Crippen LogP contribution in [-0.2, 0) is 4.79 Å². The lowest BCUT2D eigenvalue weighted by molar-refractivity contribution is -0.113. The minimum atomic E-state index is -0.118. The molecule has 2 heterocycles. The fourth-order valence-electron chi connectivity index (χ4n) is 2.78. The first-order chi connectivity index (χ1) is 12.6. The van der Waals surface area contributed by atoms with Gasteiger partial charge in [-0.25, -0.2) is 4.99 Å². The lowest BCUT2D eigenvalue weighted by Crippen LogP contribution is -2.32. The van der Waals surface area contributed by atoms with E-state index in [9.17, 15) is 4.79 Å². The largest absolute Gasteiger partial charge is 0.282 e. The van der Waals surface area contributed by atoms with Gasteiger partial charge in [-0.05, 0) is 42.6 Å². The number of aliphatic imine (C=N–C) groups is 1. The summed E-state index contributed by atoms with van der Waals surface area (Å²) < 4.78 is 0.904. The Morgan fingerprint density at radius 2 is 1.81 bits per heavy atom. The van der Waals surface area contributed by atoms with Crippen LogP contribution in [0.4, 0.5) is 5.69 Å². The van der Waals surface area contributed by atoms with Gasteiger partial charge in [-0.15, -0.1) is 11.3 Å². The van der Waals surface area contributed by atoms with Crippen LogP contribution >= 0.6 is 27.3 Å². The lowest BCUT2D eigenvalue weighted by Gasteiger charge is -2.19. The predicted molar refractivity (Wildman–Crippen MR) is 112 cm³/mol. The molecule has 1 aromatic heterocycles. The second-order valence-corrected chi connectivity index (χ2v) is 7.77. The Hall–Kier alpha value is -2.50. The number of carbonyl (C=O) groups is 1. The molecule has 4 rings (SSSR count). The molecule has 0 aliphatic carbocycles. The van der Waals surface area contributed by atoms with Crippen molar-refractivity contribution in [3.8, 4) is 0 Å². The van der Waals surface area contributed by atoms with Crippen molar-refractivity contribution in [2.45, 2.75) is 6.92 Å². The fourth-order valence-corrected chi connectivity index (χ4v) is 3.89. The highest BCUT2D eigenvalue weighted by atomic mass is 79.9. The predicted octanol–water partition coefficient (Wildman–Crippen LogP) is 5.65. The molecule has 0 atom stereocenters. The number of benzene rings is 2. The third-order valence-electron chi connectivity index (χ3n) is 4.09. The van der Waals surface area contributed by atoms with Crippen molar-refractivity contribution in [3.63, 3.8) is 0 Å². The average Bonchev–Trinajstić information content (AvgIpc) is 3.26. The molecular weight excluding hydrogens is 408 g/mol. The Labute approximate surface area is 164 Å². The summed E-state index contributed by atoms with van der Waals surface area (Å²) in [6, 6.07) is 19.7. The van der Waals surface area contributed by atoms with Gasteiger partial charge in [0.1, 0.15) is 11.5 Å². The number of hydrogen-bond donors (Lipinski definition) is 0. The minimum Gasteiger partial charge on any atom is -0.266 e. The Bertz CT molecular complexity index is 1020. The van der Waals surface area contributed by atoms with E-state index in [1.165, 1.54) is 0 Å². The van der Waals surface area contributed by atoms with Crippen LogP contribution in [0.1, 0.15) is 16.0 Å². The fraction of sp³-hybridized carbons (Fsp3) is 0.0476. The second kappa shape index (κ2) is 7.02. The maximum Gasteiger partial charge on any atom is 0.282 e. The van der Waals surface area contributed by atoms with E-state index in [0.29, 0.717) is 11.5 Å². The summed E-state index contributed by atoms with van der Waals surface area (Å²) in [5.74, 6) is 0.516. The van der Waals surface area contributed by atoms with Crippen LogP contribution in [-0.4, -0.2) is 11.7 Å². The first kappa shape index (κ1) is 16.9. The Morgan fingerprint density at radius 1 is 1.04 bits per heavy atom. The van der Waals surface area contributed by atoms with Crippen LogP contribution in [0.25, 0.3) is 6.08 Å². The van der Waals surface area contributed by atoms with Crippen molar-refractivity contribution in [3.05, 3.63) is 92.2 Å². The maximum absolute atomic E-state index is 13.1. The number of amides is 1. The topological polar surface area (TPSA) is 32.7 Å². The van der Waals surface area contributed by atoms with Crippen molar-refractivity contribution in [2.75, 3.05) is 4.90 Å². The molecule has 0 N–H and O–H groups in total. The quantitative estimate of drug-likeness (QED) is 0.501. The highest BCUT2D eigenvalue weighted by molar-refractivity contribution is 9.10. The van der Waals surface area contributed by atoms with E-state index >= 15 is 0 Å². The van der Waals surface area contributed by atoms with E-state index in [-0.39, 0.29) is 5.91 Å². The molecule has 128 valence electrons. The average molecular weight is 423 g/mol. The van der Waals surface area contributed by atoms with Crippen molar-refractivity contribution < 1.29 is 4.79 Å². The van der Waals surface area contributed by atoms with Gasteiger partial charge in [-0.2, -0.15) is 0 Å². The summed E-state index contributed by atoms with van der Waals surface area (Å²) in [6.07, 6.45) is 1.85. The summed E-state index contributed by atoms with van der Waals surface area (Å²) in [5.41, 5.74) is 3.29. The summed E-state index contributed by atoms with van der Waals surface area (Å²) in [4.78, 5) is 20.5. The number of nitrogens with zero attached hydrogens (tertiary/aromatic N) is 2. The van der Waals surface area contributed by atoms with Crippen molar-refractivity contribution in [1.82, 2.24) is 0 Å². The maximum atomic E-state index is 13.1. The summed E-state index contributed by atoms with van der Waals surface area (Å²) in [5, 5.41) is 1.99. The van der Waals surface area contributed by atoms with E-state index in [1.807, 2.05) is 79.0 Å². The molecule has 0 spiro atoms. The van der Waals surface area contributed by atoms with E-state index in [1.54, 1.807) is 16.2 Å². The third-order valence-corrected chi connectivity index (χ3v) is 5.60. The third kappa shape index (κ3) is 3.16. The number of rotatable bonds is 3. The summed E-state index contributed by atoms with van der Waals surface area (Å²) in [7, 11) is 0. The van der Waals surface area contributed by atoms with Crippen LogP contribution in [0.5, 0.6) is 0 Å². The number of anilines is 1. The Morgan fingerprint density at radius 3 is 2.50 bits per heavy atom. The first-order valence-corrected chi connectivity index (χ1v) is 9.81. The van der Waals surface area contributed by atoms with Gasteiger partial charge >= 0.3 is 0 Å². The van der Waals surface area contributed by atoms with Gasteiger partial charge in [0.05, 0.1) is 5.69 Å². The molecule has 26 heavy (non-hydrogen) atoms. The van der Waals surface area contributed by atoms with Crippen molar-refractivity contribution >= 4 is 50.8 Å². The number of carbonyl (C=O) groups excluding carboxylic acids is 1. The number of amidine groups is 1. The number of halogens is 1. The van der Waals surface area contributed by atoms with Gasteiger partial charge in [0, 0.05) is 14.9 Å². The molecule has 0 radical (unpaired) electrons. The molecule has 3 nitrogen and oxygen atoms in total. The van der Waals surface area contributed by atoms with Gasteiger partial charge in [0.2, 0.25) is 0 Å². The molecule has 5 heteroatoms. The van der Waals surface area contributed by atoms with Crippen LogP contribution in [0.3, 0.4) is 0 Å². The van der Waals surface area contributed by atoms with Gasteiger partial charge < -0.3 is 0 Å². The van der Waals surface area contributed by atoms with E-state index < -0.39 is 0 Å². The summed E-state index contributed by atoms with van der Waals surface area (Å²) >= 11 is 5.17. The Kier molecular flexibility index (Phi) is 4.57. The minimum absolute atomic E-state index is 0.118. The highest BCUT2D eigenvalue weighted by Crippen LogP contribution is 2.31. The molecule has 1 aliphatic rings. The molecule has 0 saturated carbocycles. The van der Waals surface area contributed by atoms with E-state index in [4.69, 9.17) is 0 Å². The van der Waals surface area contributed by atoms with E-state index in [2.05, 4.69) is 20.9 Å². The van der Waals surface area contributed by atoms with Gasteiger partial charge in [0.25, 0.3) is 5.91 Å². The monoisotopic (exact) mass is 422 g/mol. The standard InChI is InChI=1S/C21H15BrN2OS/c1-14-8-10-15(11-9-14)24-20(17-6-2-3-7-18(17)22)23-19(21(24)25)13-16-5-4-12-26-16/h2-13H,1H3/b19-13+. The zero-order chi connectivity index (χ0) is 18.1. The van der Waals surface area contributed by atoms with Crippen molar-refractivity contribution in [2.24, 2.45) is 4.99 Å². The smallest absolute Gasteiger partial charge is 0.266 e. The first-order valence-electron chi connectivity index (χ1n) is 8.13. The molecule has 0 unspecified atom stereocenters. The SMILES string of the molecule is Cc1ccc(N2C(=O)/C(=C\c3cccs3)N=C2c2ccccc2Br)cc1. The molecule has 0 saturated heterocycles. The second-order valence-electron chi connectivity index (χ2n) is 5.94. The zero-order valence-corrected chi connectivity index (χ0v) is 16.4. The summed E-state index contributed by atoms with van der Waals surface area (Å²) in [6.45, 7) is 2.03. The van der Waals surface area contributed by atoms with Gasteiger partial charge in [-0.3, -0.25) is 9.69 Å². The normalized spacial score (nSPS) is 15.6. The number of aryl methyl sites for hydroxylation is 1. The van der Waals surface area contributed by atoms with Gasteiger partial charge in [-0.1, -0.05) is 57.9 Å². The van der Waals surface area contributed by atoms with E-state index in [0.717, 1.165) is 26.2 Å². The zero-order valence-electron chi connectivity index (χ0n) is 14.0.